The molecular weight excluding hydrogens is 232 g/mol. The van der Waals surface area contributed by atoms with Gasteiger partial charge in [-0.2, -0.15) is 0 Å². The van der Waals surface area contributed by atoms with Crippen LogP contribution >= 0.6 is 0 Å². The Morgan fingerprint density at radius 2 is 2.50 bits per heavy atom. The molecule has 1 fully saturated rings. The summed E-state index contributed by atoms with van der Waals surface area (Å²) in [6, 6.07) is 0. The highest BCUT2D eigenvalue weighted by Crippen LogP contribution is 2.18. The Balaban J connectivity index is 1.71. The van der Waals surface area contributed by atoms with Gasteiger partial charge in [-0.3, -0.25) is 4.79 Å². The first-order valence-corrected chi connectivity index (χ1v) is 6.31. The number of imidazole rings is 1. The highest BCUT2D eigenvalue weighted by Gasteiger charge is 2.29. The average molecular weight is 252 g/mol. The number of nitrogens with zero attached hydrogens (tertiary/aromatic N) is 2. The van der Waals surface area contributed by atoms with Gasteiger partial charge >= 0.3 is 0 Å². The van der Waals surface area contributed by atoms with Crippen LogP contribution in [-0.2, 0) is 16.1 Å². The molecule has 2 rings (SSSR count). The Labute approximate surface area is 107 Å². The van der Waals surface area contributed by atoms with E-state index in [9.17, 15) is 4.79 Å². The van der Waals surface area contributed by atoms with Crippen LogP contribution in [0, 0.1) is 6.92 Å². The average Bonchev–Trinajstić information content (AvgIpc) is 2.98. The molecule has 1 aliphatic heterocycles. The number of nitrogens with one attached hydrogen (secondary N) is 1. The lowest BCUT2D eigenvalue weighted by atomic mass is 10.2. The van der Waals surface area contributed by atoms with Gasteiger partial charge < -0.3 is 20.4 Å². The Morgan fingerprint density at radius 3 is 3.11 bits per heavy atom. The standard InChI is InChI=1S/C12H20N4O2/c1-9-14-4-6-16(9)7-5-15-12(17)11-3-2-10(8-13)18-11/h4,6,10-11H,2-3,5,7-8,13H2,1H3,(H,15,17)/t10-,11+/m1/s1. The summed E-state index contributed by atoms with van der Waals surface area (Å²) in [7, 11) is 0. The van der Waals surface area contributed by atoms with Crippen molar-refractivity contribution >= 4 is 5.91 Å². The van der Waals surface area contributed by atoms with Gasteiger partial charge in [-0.1, -0.05) is 0 Å². The van der Waals surface area contributed by atoms with Crippen LogP contribution in [0.15, 0.2) is 12.4 Å². The first kappa shape index (κ1) is 13.0. The maximum absolute atomic E-state index is 11.8. The lowest BCUT2D eigenvalue weighted by Gasteiger charge is -2.13. The Bertz CT molecular complexity index is 405. The second-order valence-corrected chi connectivity index (χ2v) is 4.52. The maximum Gasteiger partial charge on any atom is 0.249 e. The molecule has 1 aromatic rings. The fraction of sp³-hybridized carbons (Fsp3) is 0.667. The Kier molecular flexibility index (Phi) is 4.33. The van der Waals surface area contributed by atoms with Crippen LogP contribution in [0.4, 0.5) is 0 Å². The first-order valence-electron chi connectivity index (χ1n) is 6.31. The minimum atomic E-state index is -0.331. The summed E-state index contributed by atoms with van der Waals surface area (Å²) in [5.41, 5.74) is 5.51. The van der Waals surface area contributed by atoms with Crippen molar-refractivity contribution in [2.24, 2.45) is 5.73 Å². The van der Waals surface area contributed by atoms with Crippen LogP contribution < -0.4 is 11.1 Å². The van der Waals surface area contributed by atoms with Crippen molar-refractivity contribution in [2.75, 3.05) is 13.1 Å². The summed E-state index contributed by atoms with van der Waals surface area (Å²) >= 11 is 0. The van der Waals surface area contributed by atoms with E-state index < -0.39 is 0 Å². The molecule has 1 aromatic heterocycles. The van der Waals surface area contributed by atoms with Crippen LogP contribution in [0.5, 0.6) is 0 Å². The molecule has 2 atom stereocenters. The zero-order valence-electron chi connectivity index (χ0n) is 10.6. The number of nitrogens with two attached hydrogens (primary N) is 1. The molecule has 6 nitrogen and oxygen atoms in total. The van der Waals surface area contributed by atoms with E-state index in [1.54, 1.807) is 6.20 Å². The van der Waals surface area contributed by atoms with Gasteiger partial charge in [0.25, 0.3) is 0 Å². The van der Waals surface area contributed by atoms with Gasteiger partial charge in [0, 0.05) is 32.0 Å². The number of hydrogen-bond acceptors (Lipinski definition) is 4. The maximum atomic E-state index is 11.8. The fourth-order valence-corrected chi connectivity index (χ4v) is 2.13. The third-order valence-corrected chi connectivity index (χ3v) is 3.24. The second kappa shape index (κ2) is 5.97. The summed E-state index contributed by atoms with van der Waals surface area (Å²) in [6.45, 7) is 3.74. The van der Waals surface area contributed by atoms with Crippen LogP contribution in [0.1, 0.15) is 18.7 Å². The molecule has 18 heavy (non-hydrogen) atoms. The monoisotopic (exact) mass is 252 g/mol. The molecule has 0 bridgehead atoms. The second-order valence-electron chi connectivity index (χ2n) is 4.52. The first-order chi connectivity index (χ1) is 8.70. The number of carbonyl (C=O) groups excluding carboxylic acids is 1. The SMILES string of the molecule is Cc1nccn1CCNC(=O)[C@@H]1CC[C@H](CN)O1. The van der Waals surface area contributed by atoms with E-state index in [4.69, 9.17) is 10.5 Å². The van der Waals surface area contributed by atoms with Crippen LogP contribution in [0.3, 0.4) is 0 Å². The molecule has 1 saturated heterocycles. The molecule has 0 unspecified atom stereocenters. The molecule has 0 aromatic carbocycles. The van der Waals surface area contributed by atoms with Gasteiger partial charge in [0.1, 0.15) is 11.9 Å². The largest absolute Gasteiger partial charge is 0.364 e. The van der Waals surface area contributed by atoms with Crippen molar-refractivity contribution in [1.82, 2.24) is 14.9 Å². The zero-order valence-corrected chi connectivity index (χ0v) is 10.6. The van der Waals surface area contributed by atoms with Crippen molar-refractivity contribution in [2.45, 2.75) is 38.5 Å². The molecule has 0 saturated carbocycles. The van der Waals surface area contributed by atoms with Crippen molar-refractivity contribution in [3.05, 3.63) is 18.2 Å². The van der Waals surface area contributed by atoms with Crippen molar-refractivity contribution < 1.29 is 9.53 Å². The van der Waals surface area contributed by atoms with E-state index >= 15 is 0 Å². The highest BCUT2D eigenvalue weighted by atomic mass is 16.5. The Morgan fingerprint density at radius 1 is 1.67 bits per heavy atom. The molecule has 100 valence electrons. The van der Waals surface area contributed by atoms with Crippen molar-refractivity contribution in [3.63, 3.8) is 0 Å². The quantitative estimate of drug-likeness (QED) is 0.761. The predicted octanol–water partition coefficient (Wildman–Crippen LogP) is -0.186. The van der Waals surface area contributed by atoms with E-state index in [1.807, 2.05) is 17.7 Å². The smallest absolute Gasteiger partial charge is 0.249 e. The van der Waals surface area contributed by atoms with E-state index in [0.717, 1.165) is 25.2 Å². The predicted molar refractivity (Wildman–Crippen MR) is 66.9 cm³/mol. The van der Waals surface area contributed by atoms with Gasteiger partial charge in [-0.25, -0.2) is 4.98 Å². The summed E-state index contributed by atoms with van der Waals surface area (Å²) in [6.07, 6.45) is 4.99. The molecule has 6 heteroatoms. The van der Waals surface area contributed by atoms with Gasteiger partial charge in [0.15, 0.2) is 0 Å². The third-order valence-electron chi connectivity index (χ3n) is 3.24. The van der Waals surface area contributed by atoms with Gasteiger partial charge in [0.05, 0.1) is 6.10 Å². The molecule has 1 amide bonds. The summed E-state index contributed by atoms with van der Waals surface area (Å²) in [5.74, 6) is 0.910. The number of aromatic nitrogens is 2. The number of rotatable bonds is 5. The number of aryl methyl sites for hydroxylation is 1. The van der Waals surface area contributed by atoms with Crippen LogP contribution in [0.25, 0.3) is 0 Å². The van der Waals surface area contributed by atoms with E-state index in [1.165, 1.54) is 0 Å². The molecule has 2 heterocycles. The number of carbonyl (C=O) groups is 1. The van der Waals surface area contributed by atoms with Crippen molar-refractivity contribution in [3.8, 4) is 0 Å². The lowest BCUT2D eigenvalue weighted by Crippen LogP contribution is -2.37. The highest BCUT2D eigenvalue weighted by molar-refractivity contribution is 5.80. The zero-order chi connectivity index (χ0) is 13.0. The van der Waals surface area contributed by atoms with E-state index in [2.05, 4.69) is 10.3 Å². The van der Waals surface area contributed by atoms with Gasteiger partial charge in [0.2, 0.25) is 5.91 Å². The fourth-order valence-electron chi connectivity index (χ4n) is 2.13. The van der Waals surface area contributed by atoms with Crippen LogP contribution in [-0.4, -0.2) is 40.8 Å². The van der Waals surface area contributed by atoms with Crippen LogP contribution in [0.2, 0.25) is 0 Å². The molecule has 1 aliphatic rings. The molecular formula is C12H20N4O2. The number of hydrogen-bond donors (Lipinski definition) is 2. The van der Waals surface area contributed by atoms with Gasteiger partial charge in [-0.05, 0) is 19.8 Å². The minimum Gasteiger partial charge on any atom is -0.364 e. The molecule has 0 spiro atoms. The lowest BCUT2D eigenvalue weighted by molar-refractivity contribution is -0.131. The number of amides is 1. The van der Waals surface area contributed by atoms with Crippen molar-refractivity contribution in [1.29, 1.82) is 0 Å². The Hall–Kier alpha value is -1.40. The topological polar surface area (TPSA) is 82.2 Å². The molecule has 0 radical (unpaired) electrons. The summed E-state index contributed by atoms with van der Waals surface area (Å²) < 4.78 is 7.53. The third kappa shape index (κ3) is 3.08. The molecule has 0 aliphatic carbocycles. The number of ether oxygens (including phenoxy) is 1. The van der Waals surface area contributed by atoms with Gasteiger partial charge in [-0.15, -0.1) is 0 Å². The molecule has 3 N–H and O–H groups in total. The summed E-state index contributed by atoms with van der Waals surface area (Å²) in [4.78, 5) is 15.9. The van der Waals surface area contributed by atoms with E-state index in [-0.39, 0.29) is 18.1 Å². The normalized spacial score (nSPS) is 23.2. The van der Waals surface area contributed by atoms with E-state index in [0.29, 0.717) is 13.1 Å². The minimum absolute atomic E-state index is 0.0382. The summed E-state index contributed by atoms with van der Waals surface area (Å²) in [5, 5.41) is 2.88.